The Morgan fingerprint density at radius 2 is 2.08 bits per heavy atom. The first-order chi connectivity index (χ1) is 5.68. The molecule has 0 amide bonds. The molecule has 0 N–H and O–H groups in total. The summed E-state index contributed by atoms with van der Waals surface area (Å²) in [6.45, 7) is 2.05. The van der Waals surface area contributed by atoms with Crippen molar-refractivity contribution < 1.29 is 9.59 Å². The molecule has 0 aliphatic heterocycles. The van der Waals surface area contributed by atoms with E-state index in [0.717, 1.165) is 12.0 Å². The molecule has 1 atom stereocenters. The predicted octanol–water partition coefficient (Wildman–Crippen LogP) is 1.42. The smallest absolute Gasteiger partial charge is 0.170 e. The highest BCUT2D eigenvalue weighted by atomic mass is 16.2. The molecule has 0 aromatic rings. The van der Waals surface area contributed by atoms with Crippen LogP contribution in [0.2, 0.25) is 0 Å². The van der Waals surface area contributed by atoms with Gasteiger partial charge in [0.25, 0.3) is 0 Å². The van der Waals surface area contributed by atoms with Gasteiger partial charge < -0.3 is 0 Å². The number of hydrogen-bond acceptors (Lipinski definition) is 2. The molecule has 0 saturated heterocycles. The van der Waals surface area contributed by atoms with Crippen molar-refractivity contribution in [2.45, 2.75) is 19.8 Å². The highest BCUT2D eigenvalue weighted by molar-refractivity contribution is 6.23. The summed E-state index contributed by atoms with van der Waals surface area (Å²) in [5.41, 5.74) is 1.42. The third-order valence-corrected chi connectivity index (χ3v) is 2.40. The Labute approximate surface area is 71.0 Å². The molecule has 62 valence electrons. The van der Waals surface area contributed by atoms with Crippen molar-refractivity contribution in [1.82, 2.24) is 0 Å². The Morgan fingerprint density at radius 3 is 2.83 bits per heavy atom. The van der Waals surface area contributed by atoms with Crippen molar-refractivity contribution in [3.05, 3.63) is 23.3 Å². The van der Waals surface area contributed by atoms with Gasteiger partial charge in [0, 0.05) is 11.1 Å². The molecule has 0 spiro atoms. The van der Waals surface area contributed by atoms with Crippen LogP contribution in [0.4, 0.5) is 0 Å². The van der Waals surface area contributed by atoms with E-state index in [-0.39, 0.29) is 18.0 Å². The van der Waals surface area contributed by atoms with E-state index in [1.165, 1.54) is 0 Å². The fraction of sp³-hybridized carbons (Fsp3) is 0.400. The molecular formula is C10H10O2. The highest BCUT2D eigenvalue weighted by Gasteiger charge is 2.31. The van der Waals surface area contributed by atoms with Gasteiger partial charge in [-0.25, -0.2) is 0 Å². The second-order valence-corrected chi connectivity index (χ2v) is 3.46. The quantitative estimate of drug-likeness (QED) is 0.505. The van der Waals surface area contributed by atoms with Crippen LogP contribution < -0.4 is 0 Å². The Balaban J connectivity index is 2.43. The van der Waals surface area contributed by atoms with Crippen LogP contribution in [0, 0.1) is 5.92 Å². The van der Waals surface area contributed by atoms with Gasteiger partial charge in [0.1, 0.15) is 0 Å². The van der Waals surface area contributed by atoms with Crippen molar-refractivity contribution in [3.63, 3.8) is 0 Å². The molecule has 0 aromatic heterocycles. The molecule has 1 unspecified atom stereocenters. The number of ketones is 2. The molecule has 2 heteroatoms. The van der Waals surface area contributed by atoms with E-state index in [2.05, 4.69) is 6.92 Å². The Morgan fingerprint density at radius 1 is 1.33 bits per heavy atom. The molecule has 0 bridgehead atoms. The van der Waals surface area contributed by atoms with E-state index in [1.54, 1.807) is 6.08 Å². The summed E-state index contributed by atoms with van der Waals surface area (Å²) in [4.78, 5) is 22.4. The molecule has 0 heterocycles. The zero-order valence-electron chi connectivity index (χ0n) is 6.96. The van der Waals surface area contributed by atoms with Gasteiger partial charge in [-0.05, 0) is 12.3 Å². The molecule has 2 nitrogen and oxygen atoms in total. The molecule has 12 heavy (non-hydrogen) atoms. The van der Waals surface area contributed by atoms with Gasteiger partial charge in [0.2, 0.25) is 0 Å². The fourth-order valence-electron chi connectivity index (χ4n) is 1.73. The molecule has 0 radical (unpaired) electrons. The summed E-state index contributed by atoms with van der Waals surface area (Å²) in [7, 11) is 0. The van der Waals surface area contributed by atoms with Crippen molar-refractivity contribution in [2.24, 2.45) is 5.92 Å². The second-order valence-electron chi connectivity index (χ2n) is 3.46. The van der Waals surface area contributed by atoms with Crippen LogP contribution in [-0.2, 0) is 9.59 Å². The van der Waals surface area contributed by atoms with Crippen LogP contribution in [-0.4, -0.2) is 11.6 Å². The van der Waals surface area contributed by atoms with Crippen LogP contribution in [0.5, 0.6) is 0 Å². The van der Waals surface area contributed by atoms with Crippen molar-refractivity contribution >= 4 is 11.6 Å². The minimum absolute atomic E-state index is 0.00171. The summed E-state index contributed by atoms with van der Waals surface area (Å²) in [6, 6.07) is 0. The second kappa shape index (κ2) is 2.41. The zero-order valence-corrected chi connectivity index (χ0v) is 6.96. The predicted molar refractivity (Wildman–Crippen MR) is 44.6 cm³/mol. The van der Waals surface area contributed by atoms with Crippen LogP contribution in [0.3, 0.4) is 0 Å². The summed E-state index contributed by atoms with van der Waals surface area (Å²) < 4.78 is 0. The minimum Gasteiger partial charge on any atom is -0.294 e. The number of hydrogen-bond donors (Lipinski definition) is 0. The number of Topliss-reactive ketones (excluding diaryl/α,β-unsaturated/α-hetero) is 2. The Hall–Kier alpha value is -1.18. The maximum Gasteiger partial charge on any atom is 0.170 e. The van der Waals surface area contributed by atoms with E-state index in [0.29, 0.717) is 11.5 Å². The lowest BCUT2D eigenvalue weighted by atomic mass is 9.92. The van der Waals surface area contributed by atoms with Crippen molar-refractivity contribution in [2.75, 3.05) is 0 Å². The van der Waals surface area contributed by atoms with Crippen LogP contribution in [0.1, 0.15) is 19.8 Å². The molecule has 0 aromatic carbocycles. The van der Waals surface area contributed by atoms with Gasteiger partial charge in [0.15, 0.2) is 11.6 Å². The topological polar surface area (TPSA) is 34.1 Å². The standard InChI is InChI=1S/C10H10O2/c1-6-2-3-7-8(4-6)10(12)5-9(7)11/h2-3,6H,4-5H2,1H3. The van der Waals surface area contributed by atoms with Gasteiger partial charge in [-0.3, -0.25) is 9.59 Å². The third-order valence-electron chi connectivity index (χ3n) is 2.40. The molecule has 2 aliphatic carbocycles. The maximum absolute atomic E-state index is 11.3. The summed E-state index contributed by atoms with van der Waals surface area (Å²) in [5, 5.41) is 0. The molecular weight excluding hydrogens is 152 g/mol. The van der Waals surface area contributed by atoms with E-state index >= 15 is 0 Å². The zero-order chi connectivity index (χ0) is 8.72. The maximum atomic E-state index is 11.3. The van der Waals surface area contributed by atoms with E-state index < -0.39 is 0 Å². The number of carbonyl (C=O) groups excluding carboxylic acids is 2. The normalized spacial score (nSPS) is 28.2. The third kappa shape index (κ3) is 0.951. The van der Waals surface area contributed by atoms with Crippen LogP contribution in [0.15, 0.2) is 23.3 Å². The first-order valence-corrected chi connectivity index (χ1v) is 4.16. The lowest BCUT2D eigenvalue weighted by Crippen LogP contribution is -2.04. The minimum atomic E-state index is -0.00171. The summed E-state index contributed by atoms with van der Waals surface area (Å²) in [6.07, 6.45) is 4.64. The Kier molecular flexibility index (Phi) is 1.50. The van der Waals surface area contributed by atoms with Gasteiger partial charge in [-0.15, -0.1) is 0 Å². The first-order valence-electron chi connectivity index (χ1n) is 4.16. The molecule has 0 fully saturated rings. The monoisotopic (exact) mass is 162 g/mol. The SMILES string of the molecule is CC1C=CC2=C(C1)C(=O)CC2=O. The molecule has 0 saturated carbocycles. The van der Waals surface area contributed by atoms with Crippen LogP contribution >= 0.6 is 0 Å². The summed E-state index contributed by atoms with van der Waals surface area (Å²) >= 11 is 0. The van der Waals surface area contributed by atoms with E-state index in [4.69, 9.17) is 0 Å². The van der Waals surface area contributed by atoms with Gasteiger partial charge in [0.05, 0.1) is 6.42 Å². The number of allylic oxidation sites excluding steroid dienone is 4. The average Bonchev–Trinajstić information content (AvgIpc) is 2.28. The summed E-state index contributed by atoms with van der Waals surface area (Å²) in [5.74, 6) is 0.433. The van der Waals surface area contributed by atoms with Crippen molar-refractivity contribution in [1.29, 1.82) is 0 Å². The first kappa shape index (κ1) is 7.47. The fourth-order valence-corrected chi connectivity index (χ4v) is 1.73. The van der Waals surface area contributed by atoms with Gasteiger partial charge >= 0.3 is 0 Å². The number of rotatable bonds is 0. The number of carbonyl (C=O) groups is 2. The van der Waals surface area contributed by atoms with E-state index in [1.807, 2.05) is 6.08 Å². The van der Waals surface area contributed by atoms with E-state index in [9.17, 15) is 9.59 Å². The highest BCUT2D eigenvalue weighted by Crippen LogP contribution is 2.30. The lowest BCUT2D eigenvalue weighted by molar-refractivity contribution is -0.121. The van der Waals surface area contributed by atoms with Crippen molar-refractivity contribution in [3.8, 4) is 0 Å². The average molecular weight is 162 g/mol. The van der Waals surface area contributed by atoms with Gasteiger partial charge in [-0.1, -0.05) is 19.1 Å². The molecule has 2 aliphatic rings. The lowest BCUT2D eigenvalue weighted by Gasteiger charge is -2.11. The van der Waals surface area contributed by atoms with Gasteiger partial charge in [-0.2, -0.15) is 0 Å². The largest absolute Gasteiger partial charge is 0.294 e. The Bertz CT molecular complexity index is 321. The molecule has 2 rings (SSSR count). The van der Waals surface area contributed by atoms with Crippen LogP contribution in [0.25, 0.3) is 0 Å².